The predicted octanol–water partition coefficient (Wildman–Crippen LogP) is 1.26. The monoisotopic (exact) mass is 343 g/mol. The highest BCUT2D eigenvalue weighted by Gasteiger charge is 2.30. The van der Waals surface area contributed by atoms with Crippen LogP contribution in [0.25, 0.3) is 6.08 Å². The molecular formula is C19H25N3O3. The quantitative estimate of drug-likeness (QED) is 0.817. The van der Waals surface area contributed by atoms with Crippen LogP contribution in [0.3, 0.4) is 0 Å². The van der Waals surface area contributed by atoms with Gasteiger partial charge in [-0.05, 0) is 43.2 Å². The van der Waals surface area contributed by atoms with Crippen molar-refractivity contribution in [1.29, 1.82) is 0 Å². The Morgan fingerprint density at radius 1 is 1.16 bits per heavy atom. The number of carbonyl (C=O) groups excluding carboxylic acids is 2. The van der Waals surface area contributed by atoms with Crippen LogP contribution in [0.1, 0.15) is 24.8 Å². The third-order valence-corrected chi connectivity index (χ3v) is 4.83. The van der Waals surface area contributed by atoms with Gasteiger partial charge in [0, 0.05) is 31.8 Å². The van der Waals surface area contributed by atoms with Gasteiger partial charge in [0.1, 0.15) is 5.75 Å². The molecule has 0 bridgehead atoms. The summed E-state index contributed by atoms with van der Waals surface area (Å²) in [5.41, 5.74) is 5.96. The van der Waals surface area contributed by atoms with Gasteiger partial charge in [0.2, 0.25) is 5.91 Å². The molecule has 2 aliphatic heterocycles. The van der Waals surface area contributed by atoms with E-state index >= 15 is 0 Å². The molecule has 2 saturated heterocycles. The summed E-state index contributed by atoms with van der Waals surface area (Å²) >= 11 is 0. The van der Waals surface area contributed by atoms with Crippen LogP contribution in [0.2, 0.25) is 0 Å². The number of fused-ring (bicyclic) bond motifs is 1. The first-order chi connectivity index (χ1) is 12.1. The van der Waals surface area contributed by atoms with Crippen molar-refractivity contribution in [2.45, 2.75) is 25.3 Å². The number of amides is 2. The second-order valence-corrected chi connectivity index (χ2v) is 6.63. The van der Waals surface area contributed by atoms with Gasteiger partial charge in [0.15, 0.2) is 6.61 Å². The Morgan fingerprint density at radius 2 is 1.96 bits per heavy atom. The van der Waals surface area contributed by atoms with Crippen LogP contribution in [0, 0.1) is 0 Å². The molecule has 0 unspecified atom stereocenters. The van der Waals surface area contributed by atoms with Gasteiger partial charge in [-0.2, -0.15) is 0 Å². The maximum atomic E-state index is 12.4. The van der Waals surface area contributed by atoms with Crippen molar-refractivity contribution >= 4 is 17.9 Å². The molecule has 2 fully saturated rings. The summed E-state index contributed by atoms with van der Waals surface area (Å²) in [6, 6.07) is 7.74. The van der Waals surface area contributed by atoms with Crippen molar-refractivity contribution in [1.82, 2.24) is 9.80 Å². The minimum atomic E-state index is -0.507. The summed E-state index contributed by atoms with van der Waals surface area (Å²) in [7, 11) is 0. The fourth-order valence-electron chi connectivity index (χ4n) is 3.46. The number of hydrogen-bond donors (Lipinski definition) is 1. The van der Waals surface area contributed by atoms with E-state index in [1.54, 1.807) is 18.2 Å². The molecule has 3 rings (SSSR count). The zero-order valence-corrected chi connectivity index (χ0v) is 14.4. The lowest BCUT2D eigenvalue weighted by molar-refractivity contribution is -0.129. The molecule has 134 valence electrons. The predicted molar refractivity (Wildman–Crippen MR) is 96.0 cm³/mol. The number of ether oxygens (including phenoxy) is 1. The third-order valence-electron chi connectivity index (χ3n) is 4.83. The average Bonchev–Trinajstić information content (AvgIpc) is 2.64. The molecule has 6 nitrogen and oxygen atoms in total. The molecule has 1 aromatic carbocycles. The van der Waals surface area contributed by atoms with Gasteiger partial charge in [-0.15, -0.1) is 0 Å². The maximum Gasteiger partial charge on any atom is 0.255 e. The highest BCUT2D eigenvalue weighted by molar-refractivity contribution is 5.91. The van der Waals surface area contributed by atoms with Crippen LogP contribution in [0.5, 0.6) is 5.75 Å². The third kappa shape index (κ3) is 4.82. The zero-order valence-electron chi connectivity index (χ0n) is 14.4. The summed E-state index contributed by atoms with van der Waals surface area (Å²) in [6.45, 7) is 3.66. The van der Waals surface area contributed by atoms with Crippen molar-refractivity contribution in [2.75, 3.05) is 32.8 Å². The Bertz CT molecular complexity index is 642. The smallest absolute Gasteiger partial charge is 0.255 e. The number of nitrogens with zero attached hydrogens (tertiary/aromatic N) is 2. The van der Waals surface area contributed by atoms with E-state index < -0.39 is 5.91 Å². The highest BCUT2D eigenvalue weighted by atomic mass is 16.5. The first kappa shape index (κ1) is 17.5. The summed E-state index contributed by atoms with van der Waals surface area (Å²) < 4.78 is 5.22. The van der Waals surface area contributed by atoms with Gasteiger partial charge in [0.05, 0.1) is 0 Å². The normalized spacial score (nSPS) is 21.1. The van der Waals surface area contributed by atoms with Crippen LogP contribution in [0.15, 0.2) is 30.3 Å². The van der Waals surface area contributed by atoms with Crippen molar-refractivity contribution in [2.24, 2.45) is 5.73 Å². The minimum Gasteiger partial charge on any atom is -0.484 e. The van der Waals surface area contributed by atoms with E-state index in [9.17, 15) is 9.59 Å². The zero-order chi connectivity index (χ0) is 17.6. The molecule has 0 spiro atoms. The Kier molecular flexibility index (Phi) is 5.71. The number of benzene rings is 1. The van der Waals surface area contributed by atoms with Gasteiger partial charge >= 0.3 is 0 Å². The van der Waals surface area contributed by atoms with Crippen LogP contribution < -0.4 is 10.5 Å². The highest BCUT2D eigenvalue weighted by Crippen LogP contribution is 2.21. The van der Waals surface area contributed by atoms with Gasteiger partial charge < -0.3 is 15.4 Å². The van der Waals surface area contributed by atoms with E-state index in [0.29, 0.717) is 11.8 Å². The second kappa shape index (κ2) is 8.16. The van der Waals surface area contributed by atoms with E-state index in [0.717, 1.165) is 25.2 Å². The molecule has 1 aromatic rings. The lowest BCUT2D eigenvalue weighted by Gasteiger charge is -2.43. The molecule has 0 saturated carbocycles. The number of rotatable bonds is 5. The number of piperidine rings is 1. The van der Waals surface area contributed by atoms with Crippen molar-refractivity contribution in [3.63, 3.8) is 0 Å². The van der Waals surface area contributed by atoms with Crippen molar-refractivity contribution < 1.29 is 14.3 Å². The van der Waals surface area contributed by atoms with E-state index in [1.165, 1.54) is 25.8 Å². The minimum absolute atomic E-state index is 0.0688. The summed E-state index contributed by atoms with van der Waals surface area (Å²) in [4.78, 5) is 27.6. The number of hydrogen-bond acceptors (Lipinski definition) is 4. The van der Waals surface area contributed by atoms with E-state index in [1.807, 2.05) is 23.1 Å². The topological polar surface area (TPSA) is 75.9 Å². The fraction of sp³-hybridized carbons (Fsp3) is 0.474. The largest absolute Gasteiger partial charge is 0.484 e. The van der Waals surface area contributed by atoms with E-state index in [4.69, 9.17) is 10.5 Å². The molecule has 2 aliphatic rings. The standard InChI is InChI=1S/C19H25N3O3/c20-18(23)14-25-17-7-4-15(5-8-17)6-9-19(24)22-12-11-21-10-2-1-3-16(21)13-22/h4-9,16H,1-3,10-14H2,(H2,20,23)/b9-6-/t16-/m0/s1. The molecule has 0 aliphatic carbocycles. The Balaban J connectivity index is 1.52. The van der Waals surface area contributed by atoms with Crippen LogP contribution in [-0.4, -0.2) is 60.4 Å². The molecule has 0 radical (unpaired) electrons. The van der Waals surface area contributed by atoms with E-state index in [-0.39, 0.29) is 12.5 Å². The summed E-state index contributed by atoms with van der Waals surface area (Å²) in [5, 5.41) is 0. The van der Waals surface area contributed by atoms with Gasteiger partial charge in [-0.25, -0.2) is 0 Å². The number of carbonyl (C=O) groups is 2. The van der Waals surface area contributed by atoms with Crippen LogP contribution in [0.4, 0.5) is 0 Å². The fourth-order valence-corrected chi connectivity index (χ4v) is 3.46. The number of primary amides is 1. The molecule has 2 N–H and O–H groups in total. The average molecular weight is 343 g/mol. The maximum absolute atomic E-state index is 12.4. The first-order valence-corrected chi connectivity index (χ1v) is 8.84. The van der Waals surface area contributed by atoms with Gasteiger partial charge in [-0.1, -0.05) is 18.6 Å². The molecule has 1 atom stereocenters. The SMILES string of the molecule is NC(=O)COc1ccc(/C=C\C(=O)N2CCN3CCCC[C@H]3C2)cc1. The van der Waals surface area contributed by atoms with E-state index in [2.05, 4.69) is 4.90 Å². The lowest BCUT2D eigenvalue weighted by atomic mass is 9.99. The summed E-state index contributed by atoms with van der Waals surface area (Å²) in [6.07, 6.45) is 7.19. The molecule has 0 aromatic heterocycles. The Labute approximate surface area is 148 Å². The number of nitrogens with two attached hydrogens (primary N) is 1. The Morgan fingerprint density at radius 3 is 2.72 bits per heavy atom. The molecule has 6 heteroatoms. The first-order valence-electron chi connectivity index (χ1n) is 8.84. The van der Waals surface area contributed by atoms with Gasteiger partial charge in [0.25, 0.3) is 5.91 Å². The van der Waals surface area contributed by atoms with Gasteiger partial charge in [-0.3, -0.25) is 14.5 Å². The van der Waals surface area contributed by atoms with Crippen LogP contribution >= 0.6 is 0 Å². The molecule has 2 heterocycles. The van der Waals surface area contributed by atoms with Crippen molar-refractivity contribution in [3.8, 4) is 5.75 Å². The molecule has 2 amide bonds. The van der Waals surface area contributed by atoms with Crippen molar-refractivity contribution in [3.05, 3.63) is 35.9 Å². The van der Waals surface area contributed by atoms with Crippen LogP contribution in [-0.2, 0) is 9.59 Å². The summed E-state index contributed by atoms with van der Waals surface area (Å²) in [5.74, 6) is 0.141. The lowest BCUT2D eigenvalue weighted by Crippen LogP contribution is -2.55. The Hall–Kier alpha value is -2.34. The molecular weight excluding hydrogens is 318 g/mol. The molecule has 25 heavy (non-hydrogen) atoms. The second-order valence-electron chi connectivity index (χ2n) is 6.63. The number of piperazine rings is 1.